The minimum Gasteiger partial charge on any atom is -0.462 e. The monoisotopic (exact) mass is 809 g/mol. The van der Waals surface area contributed by atoms with E-state index in [-0.39, 0.29) is 26.1 Å². The molecule has 0 spiro atoms. The molecule has 322 valence electrons. The van der Waals surface area contributed by atoms with Gasteiger partial charge in [-0.15, -0.1) is 0 Å². The first-order valence-corrected chi connectivity index (χ1v) is 22.8. The Hall–Kier alpha value is -2.59. The zero-order valence-electron chi connectivity index (χ0n) is 35.7. The van der Waals surface area contributed by atoms with Crippen molar-refractivity contribution >= 4 is 19.8 Å². The van der Waals surface area contributed by atoms with Gasteiger partial charge in [0.2, 0.25) is 0 Å². The van der Waals surface area contributed by atoms with Crippen LogP contribution in [-0.4, -0.2) is 86.1 Å². The van der Waals surface area contributed by atoms with E-state index in [1.165, 1.54) is 51.4 Å². The number of phosphoric ester groups is 1. The summed E-state index contributed by atoms with van der Waals surface area (Å²) in [5.74, 6) is -0.985. The summed E-state index contributed by atoms with van der Waals surface area (Å²) in [4.78, 5) is 35.3. The molecule has 0 aliphatic carbocycles. The molecule has 2 N–H and O–H groups in total. The van der Waals surface area contributed by atoms with Gasteiger partial charge in [0, 0.05) is 12.8 Å². The standard InChI is InChI=1S/C45H78NO9P/c1-6-8-10-12-14-16-18-20-21-23-25-27-30-34-42(47)35-31-29-33-36-44(48)52-40-43(41-54-56(50,51)53-39-38-46(3,4)5)55-45(49)37-32-28-26-24-22-19-17-15-13-11-9-7-2/h8,10,14,16,20-21,25,27,29-31,34,42-43,47H,6-7,9,11-13,15,17-19,22-24,26,28,32-33,35-41H2,1-5H3/p+1/b10-8-,16-14-,21-20-,27-25-,31-29-,34-30-/t42?,43-/m1/s1. The number of nitrogens with zero attached hydrogens (tertiary/aromatic N) is 1. The molecule has 0 aromatic carbocycles. The van der Waals surface area contributed by atoms with Gasteiger partial charge in [0.1, 0.15) is 19.8 Å². The Kier molecular flexibility index (Phi) is 35.0. The van der Waals surface area contributed by atoms with Crippen LogP contribution in [0.2, 0.25) is 0 Å². The van der Waals surface area contributed by atoms with Crippen LogP contribution >= 0.6 is 7.82 Å². The second-order valence-electron chi connectivity index (χ2n) is 15.2. The minimum atomic E-state index is -4.41. The van der Waals surface area contributed by atoms with Crippen LogP contribution in [0.15, 0.2) is 72.9 Å². The number of phosphoric acid groups is 1. The molecule has 0 amide bonds. The fourth-order valence-electron chi connectivity index (χ4n) is 5.24. The number of ether oxygens (including phenoxy) is 2. The number of unbranched alkanes of at least 4 members (excludes halogenated alkanes) is 11. The third kappa shape index (κ3) is 39.6. The van der Waals surface area contributed by atoms with Crippen molar-refractivity contribution < 1.29 is 47.2 Å². The van der Waals surface area contributed by atoms with Crippen molar-refractivity contribution in [2.75, 3.05) is 47.5 Å². The highest BCUT2D eigenvalue weighted by Crippen LogP contribution is 2.43. The summed E-state index contributed by atoms with van der Waals surface area (Å²) in [7, 11) is 1.37. The first-order chi connectivity index (χ1) is 26.9. The van der Waals surface area contributed by atoms with E-state index >= 15 is 0 Å². The van der Waals surface area contributed by atoms with Gasteiger partial charge in [0.15, 0.2) is 6.10 Å². The molecule has 0 aromatic rings. The van der Waals surface area contributed by atoms with Crippen LogP contribution in [0.3, 0.4) is 0 Å². The molecule has 0 heterocycles. The molecule has 3 atom stereocenters. The van der Waals surface area contributed by atoms with Crippen molar-refractivity contribution in [3.8, 4) is 0 Å². The molecule has 2 unspecified atom stereocenters. The minimum absolute atomic E-state index is 0.00178. The number of likely N-dealkylation sites (N-methyl/N-ethyl adjacent to an activating group) is 1. The molecule has 0 aromatic heterocycles. The van der Waals surface area contributed by atoms with Gasteiger partial charge < -0.3 is 24.0 Å². The van der Waals surface area contributed by atoms with E-state index in [1.807, 2.05) is 45.4 Å². The van der Waals surface area contributed by atoms with Gasteiger partial charge in [-0.25, -0.2) is 4.57 Å². The highest BCUT2D eigenvalue weighted by molar-refractivity contribution is 7.47. The number of quaternary nitrogens is 1. The summed E-state index contributed by atoms with van der Waals surface area (Å²) < 4.78 is 34.1. The fraction of sp³-hybridized carbons (Fsp3) is 0.689. The lowest BCUT2D eigenvalue weighted by Crippen LogP contribution is -2.37. The van der Waals surface area contributed by atoms with Crippen molar-refractivity contribution in [3.63, 3.8) is 0 Å². The highest BCUT2D eigenvalue weighted by Gasteiger charge is 2.27. The SMILES string of the molecule is CC/C=C\C/C=C\C/C=C\C/C=C\C=C/C(O)C/C=C\CCC(=O)OC[C@H](COP(=O)(O)OCC[N+](C)(C)C)OC(=O)CCCCCCCCCCCCCC. The summed E-state index contributed by atoms with van der Waals surface area (Å²) >= 11 is 0. The zero-order valence-corrected chi connectivity index (χ0v) is 36.6. The Bertz CT molecular complexity index is 1200. The van der Waals surface area contributed by atoms with E-state index in [4.69, 9.17) is 18.5 Å². The Balaban J connectivity index is 4.59. The van der Waals surface area contributed by atoms with Crippen LogP contribution in [0.5, 0.6) is 0 Å². The van der Waals surface area contributed by atoms with Crippen LogP contribution < -0.4 is 0 Å². The maximum absolute atomic E-state index is 12.6. The molecule has 0 fully saturated rings. The summed E-state index contributed by atoms with van der Waals surface area (Å²) in [6, 6.07) is 0. The van der Waals surface area contributed by atoms with Crippen molar-refractivity contribution in [1.29, 1.82) is 0 Å². The molecule has 0 saturated heterocycles. The summed E-state index contributed by atoms with van der Waals surface area (Å²) in [6.45, 7) is 4.08. The second kappa shape index (κ2) is 36.7. The Labute approximate surface area is 341 Å². The van der Waals surface area contributed by atoms with Crippen molar-refractivity contribution in [2.24, 2.45) is 0 Å². The molecule has 10 nitrogen and oxygen atoms in total. The largest absolute Gasteiger partial charge is 0.472 e. The number of carbonyl (C=O) groups is 2. The molecule has 0 rings (SSSR count). The predicted octanol–water partition coefficient (Wildman–Crippen LogP) is 10.8. The van der Waals surface area contributed by atoms with E-state index in [0.717, 1.165) is 44.9 Å². The van der Waals surface area contributed by atoms with Crippen LogP contribution in [0.4, 0.5) is 0 Å². The Morgan fingerprint density at radius 1 is 0.661 bits per heavy atom. The first-order valence-electron chi connectivity index (χ1n) is 21.3. The number of esters is 2. The average molecular weight is 809 g/mol. The average Bonchev–Trinajstić information content (AvgIpc) is 3.14. The lowest BCUT2D eigenvalue weighted by atomic mass is 10.0. The second-order valence-corrected chi connectivity index (χ2v) is 16.7. The quantitative estimate of drug-likeness (QED) is 0.0157. The van der Waals surface area contributed by atoms with Gasteiger partial charge in [-0.05, 0) is 44.9 Å². The number of hydrogen-bond acceptors (Lipinski definition) is 8. The van der Waals surface area contributed by atoms with Gasteiger partial charge >= 0.3 is 19.8 Å². The van der Waals surface area contributed by atoms with Gasteiger partial charge in [0.05, 0.1) is 33.9 Å². The van der Waals surface area contributed by atoms with E-state index < -0.39 is 38.6 Å². The maximum Gasteiger partial charge on any atom is 0.472 e. The molecule has 0 saturated carbocycles. The highest BCUT2D eigenvalue weighted by atomic mass is 31.2. The van der Waals surface area contributed by atoms with Crippen LogP contribution in [0.1, 0.15) is 142 Å². The smallest absolute Gasteiger partial charge is 0.462 e. The maximum atomic E-state index is 12.6. The molecule has 56 heavy (non-hydrogen) atoms. The number of rotatable bonds is 37. The number of aliphatic hydroxyl groups excluding tert-OH is 1. The summed E-state index contributed by atoms with van der Waals surface area (Å²) in [6.07, 6.45) is 41.3. The van der Waals surface area contributed by atoms with E-state index in [2.05, 4.69) is 50.3 Å². The summed E-state index contributed by atoms with van der Waals surface area (Å²) in [5.41, 5.74) is 0. The number of allylic oxidation sites excluding steroid dienone is 10. The molecular weight excluding hydrogens is 729 g/mol. The van der Waals surface area contributed by atoms with Crippen LogP contribution in [0.25, 0.3) is 0 Å². The molecule has 0 aliphatic rings. The van der Waals surface area contributed by atoms with Crippen molar-refractivity contribution in [1.82, 2.24) is 0 Å². The van der Waals surface area contributed by atoms with Gasteiger partial charge in [-0.2, -0.15) is 0 Å². The van der Waals surface area contributed by atoms with Gasteiger partial charge in [-0.3, -0.25) is 18.6 Å². The molecule has 11 heteroatoms. The lowest BCUT2D eigenvalue weighted by molar-refractivity contribution is -0.870. The molecular formula is C45H79NO9P+. The van der Waals surface area contributed by atoms with E-state index in [9.17, 15) is 24.2 Å². The van der Waals surface area contributed by atoms with Crippen LogP contribution in [0, 0.1) is 0 Å². The number of carbonyl (C=O) groups excluding carboxylic acids is 2. The van der Waals surface area contributed by atoms with E-state index in [0.29, 0.717) is 30.3 Å². The van der Waals surface area contributed by atoms with Crippen molar-refractivity contribution in [3.05, 3.63) is 72.9 Å². The number of hydrogen-bond donors (Lipinski definition) is 2. The zero-order chi connectivity index (χ0) is 41.6. The lowest BCUT2D eigenvalue weighted by Gasteiger charge is -2.24. The third-order valence-electron chi connectivity index (χ3n) is 8.59. The first kappa shape index (κ1) is 53.4. The van der Waals surface area contributed by atoms with Gasteiger partial charge in [0.25, 0.3) is 0 Å². The topological polar surface area (TPSA) is 129 Å². The Morgan fingerprint density at radius 3 is 1.82 bits per heavy atom. The normalized spacial score (nSPS) is 14.9. The van der Waals surface area contributed by atoms with Crippen LogP contribution in [-0.2, 0) is 32.7 Å². The summed E-state index contributed by atoms with van der Waals surface area (Å²) in [5, 5.41) is 10.2. The fourth-order valence-corrected chi connectivity index (χ4v) is 5.98. The third-order valence-corrected chi connectivity index (χ3v) is 9.58. The Morgan fingerprint density at radius 2 is 1.23 bits per heavy atom. The molecule has 0 radical (unpaired) electrons. The van der Waals surface area contributed by atoms with E-state index in [1.54, 1.807) is 12.2 Å². The van der Waals surface area contributed by atoms with Gasteiger partial charge in [-0.1, -0.05) is 157 Å². The van der Waals surface area contributed by atoms with Crippen molar-refractivity contribution in [2.45, 2.75) is 154 Å². The predicted molar refractivity (Wildman–Crippen MR) is 230 cm³/mol. The number of aliphatic hydroxyl groups is 1. The molecule has 0 aliphatic heterocycles. The molecule has 0 bridgehead atoms.